The van der Waals surface area contributed by atoms with E-state index >= 15 is 0 Å². The average Bonchev–Trinajstić information content (AvgIpc) is 3.45. The third-order valence-corrected chi connectivity index (χ3v) is 7.63. The summed E-state index contributed by atoms with van der Waals surface area (Å²) in [4.78, 5) is 45.7. The minimum absolute atomic E-state index is 0.00490. The number of benzene rings is 3. The number of aromatic nitrogens is 1. The summed E-state index contributed by atoms with van der Waals surface area (Å²) in [6.07, 6.45) is 2.82. The van der Waals surface area contributed by atoms with Crippen LogP contribution in [-0.2, 0) is 19.5 Å². The van der Waals surface area contributed by atoms with Crippen molar-refractivity contribution in [1.82, 2.24) is 9.88 Å². The topological polar surface area (TPSA) is 109 Å². The zero-order valence-corrected chi connectivity index (χ0v) is 23.2. The second-order valence-electron chi connectivity index (χ2n) is 10.5. The van der Waals surface area contributed by atoms with Crippen LogP contribution in [0.4, 0.5) is 5.69 Å². The van der Waals surface area contributed by atoms with Gasteiger partial charge in [0.15, 0.2) is 11.5 Å². The number of pyridine rings is 1. The first-order valence-electron chi connectivity index (χ1n) is 13.7. The second kappa shape index (κ2) is 11.0. The van der Waals surface area contributed by atoms with E-state index in [1.165, 1.54) is 17.8 Å². The number of amides is 3. The van der Waals surface area contributed by atoms with Crippen LogP contribution in [0.25, 0.3) is 0 Å². The summed E-state index contributed by atoms with van der Waals surface area (Å²) < 4.78 is 11.8. The lowest BCUT2D eigenvalue weighted by Gasteiger charge is -2.21. The van der Waals surface area contributed by atoms with E-state index in [0.29, 0.717) is 34.9 Å². The molecule has 2 aliphatic rings. The van der Waals surface area contributed by atoms with Crippen LogP contribution < -0.4 is 14.4 Å². The Bertz CT molecular complexity index is 1700. The lowest BCUT2D eigenvalue weighted by Crippen LogP contribution is -2.29. The number of ether oxygens (including phenoxy) is 2. The molecule has 1 unspecified atom stereocenters. The van der Waals surface area contributed by atoms with Crippen LogP contribution in [0, 0.1) is 0 Å². The number of methoxy groups -OCH3 is 1. The first-order valence-corrected chi connectivity index (χ1v) is 13.7. The number of hydrogen-bond acceptors (Lipinski definition) is 7. The largest absolute Gasteiger partial charge is 0.493 e. The van der Waals surface area contributed by atoms with Crippen molar-refractivity contribution >= 4 is 23.4 Å². The van der Waals surface area contributed by atoms with Gasteiger partial charge in [-0.05, 0) is 54.7 Å². The fourth-order valence-electron chi connectivity index (χ4n) is 5.37. The van der Waals surface area contributed by atoms with Gasteiger partial charge in [-0.2, -0.15) is 0 Å². The van der Waals surface area contributed by atoms with Crippen molar-refractivity contribution in [3.63, 3.8) is 0 Å². The highest BCUT2D eigenvalue weighted by atomic mass is 16.5. The Morgan fingerprint density at radius 1 is 0.857 bits per heavy atom. The standard InChI is InChI=1S/C33H29N3O6/c1-20(8-9-21-6-4-3-5-7-21)42-29-15-24(12-13-28(29)41-2)35-19-23-11-10-22(14-25(23)31(35)38)18-36-32(39)26-16-30(37)34-17-27(26)33(36)40/h3-7,10-17,20H,8-9,18-19H2,1-2H3,(H,34,37). The van der Waals surface area contributed by atoms with E-state index in [-0.39, 0.29) is 35.6 Å². The maximum absolute atomic E-state index is 13.5. The van der Waals surface area contributed by atoms with Gasteiger partial charge in [0.25, 0.3) is 17.7 Å². The Kier molecular flexibility index (Phi) is 7.08. The van der Waals surface area contributed by atoms with Gasteiger partial charge >= 0.3 is 0 Å². The van der Waals surface area contributed by atoms with Crippen LogP contribution >= 0.6 is 0 Å². The summed E-state index contributed by atoms with van der Waals surface area (Å²) in [6, 6.07) is 22.3. The molecule has 2 aliphatic heterocycles. The zero-order chi connectivity index (χ0) is 29.4. The molecule has 1 atom stereocenters. The number of anilines is 1. The molecule has 0 radical (unpaired) electrons. The SMILES string of the molecule is COc1ccc(N2Cc3ccc(CN4C(=O)c5cnc(O)cc5C4=O)cc3C2=O)cc1OC(C)CCc1ccccc1. The molecule has 0 saturated carbocycles. The van der Waals surface area contributed by atoms with Crippen LogP contribution in [-0.4, -0.2) is 45.9 Å². The number of rotatable bonds is 9. The van der Waals surface area contributed by atoms with E-state index in [9.17, 15) is 19.5 Å². The summed E-state index contributed by atoms with van der Waals surface area (Å²) in [6.45, 7) is 2.39. The normalized spacial score (nSPS) is 14.7. The van der Waals surface area contributed by atoms with E-state index in [1.807, 2.05) is 49.4 Å². The maximum Gasteiger partial charge on any atom is 0.263 e. The fourth-order valence-corrected chi connectivity index (χ4v) is 5.37. The van der Waals surface area contributed by atoms with Gasteiger partial charge in [0.1, 0.15) is 0 Å². The van der Waals surface area contributed by atoms with Gasteiger partial charge in [-0.1, -0.05) is 42.5 Å². The molecule has 42 heavy (non-hydrogen) atoms. The quantitative estimate of drug-likeness (QED) is 0.281. The summed E-state index contributed by atoms with van der Waals surface area (Å²) >= 11 is 0. The van der Waals surface area contributed by atoms with Crippen LogP contribution in [0.1, 0.15) is 61.1 Å². The third-order valence-electron chi connectivity index (χ3n) is 7.63. The predicted molar refractivity (Wildman–Crippen MR) is 155 cm³/mol. The summed E-state index contributed by atoms with van der Waals surface area (Å²) in [5.74, 6) is -0.359. The molecular formula is C33H29N3O6. The van der Waals surface area contributed by atoms with E-state index in [0.717, 1.165) is 23.3 Å². The Hall–Kier alpha value is -5.18. The highest BCUT2D eigenvalue weighted by Crippen LogP contribution is 2.37. The monoisotopic (exact) mass is 563 g/mol. The van der Waals surface area contributed by atoms with E-state index < -0.39 is 11.8 Å². The van der Waals surface area contributed by atoms with Gasteiger partial charge in [0.2, 0.25) is 5.88 Å². The Balaban J connectivity index is 1.17. The van der Waals surface area contributed by atoms with Crippen molar-refractivity contribution in [1.29, 1.82) is 0 Å². The zero-order valence-electron chi connectivity index (χ0n) is 23.2. The van der Waals surface area contributed by atoms with Crippen molar-refractivity contribution < 1.29 is 29.0 Å². The van der Waals surface area contributed by atoms with Crippen LogP contribution in [0.15, 0.2) is 79.0 Å². The van der Waals surface area contributed by atoms with Crippen LogP contribution in [0.5, 0.6) is 17.4 Å². The molecule has 0 saturated heterocycles. The number of hydrogen-bond donors (Lipinski definition) is 1. The van der Waals surface area contributed by atoms with E-state index in [4.69, 9.17) is 9.47 Å². The number of imide groups is 1. The van der Waals surface area contributed by atoms with Gasteiger partial charge in [0.05, 0.1) is 37.4 Å². The molecule has 9 nitrogen and oxygen atoms in total. The number of aromatic hydroxyl groups is 1. The minimum atomic E-state index is -0.509. The molecule has 1 N–H and O–H groups in total. The lowest BCUT2D eigenvalue weighted by molar-refractivity contribution is 0.0642. The van der Waals surface area contributed by atoms with Crippen molar-refractivity contribution in [2.24, 2.45) is 0 Å². The summed E-state index contributed by atoms with van der Waals surface area (Å²) in [5, 5.41) is 9.64. The number of carbonyl (C=O) groups is 3. The molecule has 3 aromatic carbocycles. The fraction of sp³-hybridized carbons (Fsp3) is 0.212. The average molecular weight is 564 g/mol. The van der Waals surface area contributed by atoms with Gasteiger partial charge in [-0.15, -0.1) is 0 Å². The Morgan fingerprint density at radius 3 is 2.43 bits per heavy atom. The molecule has 0 bridgehead atoms. The number of aryl methyl sites for hydroxylation is 1. The van der Waals surface area contributed by atoms with Gasteiger partial charge < -0.3 is 19.5 Å². The van der Waals surface area contributed by atoms with Crippen LogP contribution in [0.3, 0.4) is 0 Å². The van der Waals surface area contributed by atoms with E-state index in [2.05, 4.69) is 17.1 Å². The van der Waals surface area contributed by atoms with Crippen molar-refractivity contribution in [3.05, 3.63) is 112 Å². The van der Waals surface area contributed by atoms with Crippen molar-refractivity contribution in [2.45, 2.75) is 39.0 Å². The molecule has 3 heterocycles. The van der Waals surface area contributed by atoms with Gasteiger partial charge in [0, 0.05) is 29.6 Å². The highest BCUT2D eigenvalue weighted by molar-refractivity contribution is 6.21. The molecule has 6 rings (SSSR count). The summed E-state index contributed by atoms with van der Waals surface area (Å²) in [7, 11) is 1.59. The van der Waals surface area contributed by atoms with E-state index in [1.54, 1.807) is 24.1 Å². The molecule has 0 fully saturated rings. The molecule has 9 heteroatoms. The smallest absolute Gasteiger partial charge is 0.263 e. The first kappa shape index (κ1) is 27.0. The summed E-state index contributed by atoms with van der Waals surface area (Å²) in [5.41, 5.74) is 4.18. The Morgan fingerprint density at radius 2 is 1.64 bits per heavy atom. The van der Waals surface area contributed by atoms with Gasteiger partial charge in [-0.25, -0.2) is 4.98 Å². The molecule has 4 aromatic rings. The second-order valence-corrected chi connectivity index (χ2v) is 10.5. The first-order chi connectivity index (χ1) is 20.3. The molecular weight excluding hydrogens is 534 g/mol. The molecule has 212 valence electrons. The predicted octanol–water partition coefficient (Wildman–Crippen LogP) is 5.15. The molecule has 0 spiro atoms. The highest BCUT2D eigenvalue weighted by Gasteiger charge is 2.37. The maximum atomic E-state index is 13.5. The number of fused-ring (bicyclic) bond motifs is 2. The molecule has 3 amide bonds. The van der Waals surface area contributed by atoms with Crippen LogP contribution in [0.2, 0.25) is 0 Å². The number of carbonyl (C=O) groups excluding carboxylic acids is 3. The van der Waals surface area contributed by atoms with Gasteiger partial charge in [-0.3, -0.25) is 19.3 Å². The molecule has 1 aromatic heterocycles. The molecule has 0 aliphatic carbocycles. The minimum Gasteiger partial charge on any atom is -0.493 e. The number of nitrogens with zero attached hydrogens (tertiary/aromatic N) is 3. The van der Waals surface area contributed by atoms with Crippen molar-refractivity contribution in [2.75, 3.05) is 12.0 Å². The van der Waals surface area contributed by atoms with Crippen molar-refractivity contribution in [3.8, 4) is 17.4 Å². The lowest BCUT2D eigenvalue weighted by atomic mass is 10.1. The third kappa shape index (κ3) is 5.05. The Labute approximate surface area is 242 Å².